The van der Waals surface area contributed by atoms with Gasteiger partial charge in [-0.2, -0.15) is 0 Å². The molecule has 0 aromatic heterocycles. The van der Waals surface area contributed by atoms with E-state index in [2.05, 4.69) is 6.58 Å². The Labute approximate surface area is 219 Å². The van der Waals surface area contributed by atoms with Crippen LogP contribution >= 0.6 is 11.6 Å². The Balaban J connectivity index is 1.48. The maximum atomic E-state index is 12.5. The number of carbonyl (C=O) groups excluding carboxylic acids is 3. The Kier molecular flexibility index (Phi) is 10.1. The first-order valence-corrected chi connectivity index (χ1v) is 11.7. The summed E-state index contributed by atoms with van der Waals surface area (Å²) in [5.41, 5.74) is 1.51. The molecule has 3 rings (SSSR count). The Morgan fingerprint density at radius 3 is 2.05 bits per heavy atom. The SMILES string of the molecule is C=CC(=O)OCOc1ccc(C(=O)Oc2ccc(CCOC(=O)c3ccc(OCC)cc3)cc2Cl)cc1. The molecule has 0 saturated carbocycles. The summed E-state index contributed by atoms with van der Waals surface area (Å²) >= 11 is 6.29. The lowest BCUT2D eigenvalue weighted by molar-refractivity contribution is -0.144. The van der Waals surface area contributed by atoms with Crippen molar-refractivity contribution in [3.05, 3.63) is 101 Å². The fourth-order valence-corrected chi connectivity index (χ4v) is 3.28. The summed E-state index contributed by atoms with van der Waals surface area (Å²) in [7, 11) is 0. The number of ether oxygens (including phenoxy) is 5. The third-order valence-electron chi connectivity index (χ3n) is 4.91. The van der Waals surface area contributed by atoms with E-state index in [-0.39, 0.29) is 29.7 Å². The number of hydrogen-bond acceptors (Lipinski definition) is 8. The molecule has 0 amide bonds. The lowest BCUT2D eigenvalue weighted by Crippen LogP contribution is -2.10. The van der Waals surface area contributed by atoms with Crippen molar-refractivity contribution in [2.75, 3.05) is 20.0 Å². The smallest absolute Gasteiger partial charge is 0.343 e. The normalized spacial score (nSPS) is 10.2. The highest BCUT2D eigenvalue weighted by Gasteiger charge is 2.13. The van der Waals surface area contributed by atoms with Crippen molar-refractivity contribution in [2.45, 2.75) is 13.3 Å². The summed E-state index contributed by atoms with van der Waals surface area (Å²) < 4.78 is 26.1. The van der Waals surface area contributed by atoms with Crippen molar-refractivity contribution in [1.29, 1.82) is 0 Å². The molecular formula is C28H25ClO8. The second kappa shape index (κ2) is 13.7. The van der Waals surface area contributed by atoms with E-state index in [1.807, 2.05) is 6.92 Å². The van der Waals surface area contributed by atoms with Crippen molar-refractivity contribution in [3.63, 3.8) is 0 Å². The molecule has 0 aliphatic rings. The minimum atomic E-state index is -0.608. The largest absolute Gasteiger partial charge is 0.494 e. The molecule has 0 spiro atoms. The van der Waals surface area contributed by atoms with Crippen molar-refractivity contribution in [1.82, 2.24) is 0 Å². The third-order valence-corrected chi connectivity index (χ3v) is 5.20. The van der Waals surface area contributed by atoms with Crippen LogP contribution in [0.25, 0.3) is 0 Å². The number of halogens is 1. The number of benzene rings is 3. The predicted molar refractivity (Wildman–Crippen MR) is 136 cm³/mol. The molecule has 3 aromatic rings. The molecule has 0 fully saturated rings. The Morgan fingerprint density at radius 1 is 0.838 bits per heavy atom. The fraction of sp³-hybridized carbons (Fsp3) is 0.179. The van der Waals surface area contributed by atoms with Crippen molar-refractivity contribution >= 4 is 29.5 Å². The molecule has 0 heterocycles. The monoisotopic (exact) mass is 524 g/mol. The Morgan fingerprint density at radius 2 is 1.46 bits per heavy atom. The van der Waals surface area contributed by atoms with Gasteiger partial charge in [-0.15, -0.1) is 0 Å². The van der Waals surface area contributed by atoms with Gasteiger partial charge < -0.3 is 23.7 Å². The topological polar surface area (TPSA) is 97.4 Å². The van der Waals surface area contributed by atoms with Gasteiger partial charge in [0.2, 0.25) is 6.79 Å². The molecule has 37 heavy (non-hydrogen) atoms. The van der Waals surface area contributed by atoms with Gasteiger partial charge in [0.15, 0.2) is 0 Å². The van der Waals surface area contributed by atoms with E-state index in [1.165, 1.54) is 24.3 Å². The van der Waals surface area contributed by atoms with E-state index in [0.717, 1.165) is 11.6 Å². The molecule has 192 valence electrons. The average molecular weight is 525 g/mol. The standard InChI is InChI=1S/C28H25ClO8/c1-3-26(30)36-18-35-23-12-8-21(9-13-23)28(32)37-25-14-5-19(17-24(25)29)15-16-34-27(31)20-6-10-22(11-7-20)33-4-2/h3,5-14,17H,1,4,15-16,18H2,2H3. The van der Waals surface area contributed by atoms with Crippen LogP contribution in [0.5, 0.6) is 17.2 Å². The van der Waals surface area contributed by atoms with Gasteiger partial charge in [-0.3, -0.25) is 0 Å². The predicted octanol–water partition coefficient (Wildman–Crippen LogP) is 5.42. The molecule has 0 aliphatic heterocycles. The molecule has 3 aromatic carbocycles. The van der Waals surface area contributed by atoms with Crippen LogP contribution in [0.1, 0.15) is 33.2 Å². The van der Waals surface area contributed by atoms with Crippen LogP contribution in [0.4, 0.5) is 0 Å². The Hall–Kier alpha value is -4.30. The zero-order valence-corrected chi connectivity index (χ0v) is 20.9. The van der Waals surface area contributed by atoms with Crippen molar-refractivity contribution in [2.24, 2.45) is 0 Å². The molecule has 8 nitrogen and oxygen atoms in total. The zero-order valence-electron chi connectivity index (χ0n) is 20.1. The third kappa shape index (κ3) is 8.40. The van der Waals surface area contributed by atoms with E-state index in [1.54, 1.807) is 42.5 Å². The van der Waals surface area contributed by atoms with Gasteiger partial charge in [-0.05, 0) is 73.2 Å². The van der Waals surface area contributed by atoms with Gasteiger partial charge >= 0.3 is 17.9 Å². The molecule has 0 bridgehead atoms. The summed E-state index contributed by atoms with van der Waals surface area (Å²) in [6, 6.07) is 17.8. The number of carbonyl (C=O) groups is 3. The molecular weight excluding hydrogens is 500 g/mol. The summed E-state index contributed by atoms with van der Waals surface area (Å²) in [4.78, 5) is 35.7. The summed E-state index contributed by atoms with van der Waals surface area (Å²) in [6.07, 6.45) is 1.46. The maximum Gasteiger partial charge on any atom is 0.343 e. The molecule has 0 unspecified atom stereocenters. The summed E-state index contributed by atoms with van der Waals surface area (Å²) in [6.45, 7) is 5.59. The quantitative estimate of drug-likeness (QED) is 0.134. The first-order chi connectivity index (χ1) is 17.9. The lowest BCUT2D eigenvalue weighted by atomic mass is 10.1. The molecule has 9 heteroatoms. The average Bonchev–Trinajstić information content (AvgIpc) is 2.91. The second-order valence-corrected chi connectivity index (χ2v) is 7.86. The van der Waals surface area contributed by atoms with Gasteiger partial charge in [0.1, 0.15) is 17.2 Å². The molecule has 0 radical (unpaired) electrons. The van der Waals surface area contributed by atoms with Crippen LogP contribution in [0.2, 0.25) is 5.02 Å². The molecule has 0 atom stereocenters. The van der Waals surface area contributed by atoms with E-state index >= 15 is 0 Å². The first kappa shape index (κ1) is 27.3. The number of hydrogen-bond donors (Lipinski definition) is 0. The van der Waals surface area contributed by atoms with Crippen LogP contribution < -0.4 is 14.2 Å². The van der Waals surface area contributed by atoms with Gasteiger partial charge in [0, 0.05) is 12.5 Å². The zero-order chi connectivity index (χ0) is 26.6. The van der Waals surface area contributed by atoms with E-state index in [9.17, 15) is 14.4 Å². The van der Waals surface area contributed by atoms with E-state index < -0.39 is 17.9 Å². The lowest BCUT2D eigenvalue weighted by Gasteiger charge is -2.10. The van der Waals surface area contributed by atoms with Gasteiger partial charge in [-0.1, -0.05) is 24.2 Å². The summed E-state index contributed by atoms with van der Waals surface area (Å²) in [5.74, 6) is -0.368. The Bertz CT molecular complexity index is 1240. The summed E-state index contributed by atoms with van der Waals surface area (Å²) in [5, 5.41) is 0.243. The van der Waals surface area contributed by atoms with Gasteiger partial charge in [0.25, 0.3) is 0 Å². The number of esters is 3. The minimum Gasteiger partial charge on any atom is -0.494 e. The van der Waals surface area contributed by atoms with Crippen LogP contribution in [0.15, 0.2) is 79.4 Å². The second-order valence-electron chi connectivity index (χ2n) is 7.45. The van der Waals surface area contributed by atoms with Crippen LogP contribution in [-0.4, -0.2) is 37.9 Å². The highest BCUT2D eigenvalue weighted by Crippen LogP contribution is 2.27. The molecule has 0 aliphatic carbocycles. The van der Waals surface area contributed by atoms with Crippen LogP contribution in [-0.2, 0) is 20.7 Å². The van der Waals surface area contributed by atoms with Gasteiger partial charge in [0.05, 0.1) is 29.4 Å². The number of rotatable bonds is 12. The van der Waals surface area contributed by atoms with Crippen molar-refractivity contribution < 1.29 is 38.1 Å². The van der Waals surface area contributed by atoms with E-state index in [4.69, 9.17) is 35.3 Å². The van der Waals surface area contributed by atoms with Gasteiger partial charge in [-0.25, -0.2) is 14.4 Å². The maximum absolute atomic E-state index is 12.5. The van der Waals surface area contributed by atoms with E-state index in [0.29, 0.717) is 30.1 Å². The molecule has 0 saturated heterocycles. The van der Waals surface area contributed by atoms with Crippen LogP contribution in [0, 0.1) is 0 Å². The minimum absolute atomic E-state index is 0.155. The first-order valence-electron chi connectivity index (χ1n) is 11.3. The fourth-order valence-electron chi connectivity index (χ4n) is 3.04. The van der Waals surface area contributed by atoms with Crippen LogP contribution in [0.3, 0.4) is 0 Å². The highest BCUT2D eigenvalue weighted by molar-refractivity contribution is 6.32. The highest BCUT2D eigenvalue weighted by atomic mass is 35.5. The van der Waals surface area contributed by atoms with Crippen molar-refractivity contribution in [3.8, 4) is 17.2 Å². The molecule has 0 N–H and O–H groups in total.